The molecule has 19 heavy (non-hydrogen) atoms. The lowest BCUT2D eigenvalue weighted by molar-refractivity contribution is -0.118. The van der Waals surface area contributed by atoms with Gasteiger partial charge in [-0.1, -0.05) is 0 Å². The lowest BCUT2D eigenvalue weighted by Crippen LogP contribution is -2.29. The number of amides is 1. The largest absolute Gasteiger partial charge is 0.493 e. The molecule has 4 N–H and O–H groups in total. The molecule has 2 rings (SSSR count). The molecule has 1 unspecified atom stereocenters. The first-order chi connectivity index (χ1) is 9.24. The molecule has 1 heterocycles. The van der Waals surface area contributed by atoms with Crippen LogP contribution in [0, 0.1) is 0 Å². The van der Waals surface area contributed by atoms with Crippen LogP contribution in [0.4, 0.5) is 5.69 Å². The highest BCUT2D eigenvalue weighted by Gasteiger charge is 2.12. The SMILES string of the molecule is NC(=O)CCOc1ccc(NCC2CCCN2)cc1. The number of hydrogen-bond acceptors (Lipinski definition) is 4. The van der Waals surface area contributed by atoms with Gasteiger partial charge >= 0.3 is 0 Å². The van der Waals surface area contributed by atoms with E-state index in [-0.39, 0.29) is 12.3 Å². The fourth-order valence-corrected chi connectivity index (χ4v) is 2.11. The summed E-state index contributed by atoms with van der Waals surface area (Å²) in [6.45, 7) is 2.40. The first-order valence-corrected chi connectivity index (χ1v) is 6.72. The molecular formula is C14H21N3O2. The quantitative estimate of drug-likeness (QED) is 0.688. The van der Waals surface area contributed by atoms with Crippen molar-refractivity contribution in [3.05, 3.63) is 24.3 Å². The highest BCUT2D eigenvalue weighted by atomic mass is 16.5. The molecule has 1 aliphatic rings. The van der Waals surface area contributed by atoms with Crippen LogP contribution in [0.3, 0.4) is 0 Å². The number of carbonyl (C=O) groups excluding carboxylic acids is 1. The number of carbonyl (C=O) groups is 1. The van der Waals surface area contributed by atoms with Crippen molar-refractivity contribution in [2.75, 3.05) is 25.0 Å². The molecule has 1 aromatic carbocycles. The predicted molar refractivity (Wildman–Crippen MR) is 75.3 cm³/mol. The summed E-state index contributed by atoms with van der Waals surface area (Å²) in [5.41, 5.74) is 6.12. The Hall–Kier alpha value is -1.75. The third-order valence-electron chi connectivity index (χ3n) is 3.19. The molecule has 1 fully saturated rings. The molecule has 104 valence electrons. The van der Waals surface area contributed by atoms with Gasteiger partial charge in [-0.3, -0.25) is 4.79 Å². The smallest absolute Gasteiger partial charge is 0.220 e. The molecule has 0 radical (unpaired) electrons. The van der Waals surface area contributed by atoms with Gasteiger partial charge in [-0.15, -0.1) is 0 Å². The fourth-order valence-electron chi connectivity index (χ4n) is 2.11. The molecule has 0 saturated carbocycles. The van der Waals surface area contributed by atoms with Crippen molar-refractivity contribution in [1.29, 1.82) is 0 Å². The molecule has 0 aromatic heterocycles. The highest BCUT2D eigenvalue weighted by Crippen LogP contribution is 2.16. The third kappa shape index (κ3) is 4.79. The maximum atomic E-state index is 10.6. The van der Waals surface area contributed by atoms with Gasteiger partial charge in [0.2, 0.25) is 5.91 Å². The molecule has 5 nitrogen and oxygen atoms in total. The van der Waals surface area contributed by atoms with Crippen molar-refractivity contribution < 1.29 is 9.53 Å². The van der Waals surface area contributed by atoms with Crippen molar-refractivity contribution in [3.63, 3.8) is 0 Å². The number of hydrogen-bond donors (Lipinski definition) is 3. The number of rotatable bonds is 7. The van der Waals surface area contributed by atoms with Crippen LogP contribution in [-0.2, 0) is 4.79 Å². The van der Waals surface area contributed by atoms with Crippen LogP contribution >= 0.6 is 0 Å². The summed E-state index contributed by atoms with van der Waals surface area (Å²) < 4.78 is 5.41. The van der Waals surface area contributed by atoms with E-state index in [2.05, 4.69) is 10.6 Å². The maximum Gasteiger partial charge on any atom is 0.220 e. The second-order valence-electron chi connectivity index (χ2n) is 4.76. The van der Waals surface area contributed by atoms with Gasteiger partial charge in [0, 0.05) is 18.3 Å². The lowest BCUT2D eigenvalue weighted by atomic mass is 10.2. The van der Waals surface area contributed by atoms with Crippen LogP contribution < -0.4 is 21.1 Å². The van der Waals surface area contributed by atoms with Crippen LogP contribution in [0.1, 0.15) is 19.3 Å². The average Bonchev–Trinajstić information content (AvgIpc) is 2.90. The van der Waals surface area contributed by atoms with Gasteiger partial charge in [0.1, 0.15) is 5.75 Å². The lowest BCUT2D eigenvalue weighted by Gasteiger charge is -2.13. The fraction of sp³-hybridized carbons (Fsp3) is 0.500. The minimum atomic E-state index is -0.345. The third-order valence-corrected chi connectivity index (χ3v) is 3.19. The van der Waals surface area contributed by atoms with E-state index in [1.165, 1.54) is 12.8 Å². The van der Waals surface area contributed by atoms with Crippen molar-refractivity contribution in [2.45, 2.75) is 25.3 Å². The number of ether oxygens (including phenoxy) is 1. The Bertz CT molecular complexity index is 400. The molecule has 1 aliphatic heterocycles. The van der Waals surface area contributed by atoms with E-state index in [4.69, 9.17) is 10.5 Å². The summed E-state index contributed by atoms with van der Waals surface area (Å²) in [7, 11) is 0. The standard InChI is InChI=1S/C14H21N3O2/c15-14(18)7-9-19-13-5-3-11(4-6-13)17-10-12-2-1-8-16-12/h3-6,12,16-17H,1-2,7-10H2,(H2,15,18). The number of nitrogens with two attached hydrogens (primary N) is 1. The minimum Gasteiger partial charge on any atom is -0.493 e. The normalized spacial score (nSPS) is 18.2. The van der Waals surface area contributed by atoms with E-state index in [1.807, 2.05) is 24.3 Å². The molecule has 1 amide bonds. The van der Waals surface area contributed by atoms with Crippen molar-refractivity contribution in [2.24, 2.45) is 5.73 Å². The average molecular weight is 263 g/mol. The Morgan fingerprint density at radius 2 is 2.21 bits per heavy atom. The van der Waals surface area contributed by atoms with Crippen molar-refractivity contribution >= 4 is 11.6 Å². The molecule has 1 saturated heterocycles. The predicted octanol–water partition coefficient (Wildman–Crippen LogP) is 1.10. The minimum absolute atomic E-state index is 0.243. The summed E-state index contributed by atoms with van der Waals surface area (Å²) in [5, 5.41) is 6.84. The van der Waals surface area contributed by atoms with E-state index < -0.39 is 0 Å². The molecular weight excluding hydrogens is 242 g/mol. The molecule has 0 aliphatic carbocycles. The second-order valence-corrected chi connectivity index (χ2v) is 4.76. The van der Waals surface area contributed by atoms with E-state index in [0.29, 0.717) is 12.6 Å². The van der Waals surface area contributed by atoms with Gasteiger partial charge in [0.05, 0.1) is 13.0 Å². The van der Waals surface area contributed by atoms with Gasteiger partial charge < -0.3 is 21.1 Å². The number of benzene rings is 1. The number of primary amides is 1. The molecule has 5 heteroatoms. The summed E-state index contributed by atoms with van der Waals surface area (Å²) >= 11 is 0. The monoisotopic (exact) mass is 263 g/mol. The summed E-state index contributed by atoms with van der Waals surface area (Å²) in [6, 6.07) is 8.33. The Labute approximate surface area is 113 Å². The molecule has 0 bridgehead atoms. The van der Waals surface area contributed by atoms with Crippen molar-refractivity contribution in [3.8, 4) is 5.75 Å². The van der Waals surface area contributed by atoms with E-state index in [0.717, 1.165) is 24.5 Å². The maximum absolute atomic E-state index is 10.6. The Morgan fingerprint density at radius 3 is 2.84 bits per heavy atom. The van der Waals surface area contributed by atoms with Crippen LogP contribution in [0.25, 0.3) is 0 Å². The van der Waals surface area contributed by atoms with E-state index in [1.54, 1.807) is 0 Å². The number of anilines is 1. The van der Waals surface area contributed by atoms with Crippen LogP contribution in [-0.4, -0.2) is 31.6 Å². The van der Waals surface area contributed by atoms with Gasteiger partial charge in [0.25, 0.3) is 0 Å². The Morgan fingerprint density at radius 1 is 1.42 bits per heavy atom. The molecule has 0 spiro atoms. The Kier molecular flexibility index (Phi) is 5.03. The zero-order chi connectivity index (χ0) is 13.5. The topological polar surface area (TPSA) is 76.4 Å². The van der Waals surface area contributed by atoms with Gasteiger partial charge in [-0.25, -0.2) is 0 Å². The van der Waals surface area contributed by atoms with Crippen molar-refractivity contribution in [1.82, 2.24) is 5.32 Å². The van der Waals surface area contributed by atoms with E-state index in [9.17, 15) is 4.79 Å². The van der Waals surface area contributed by atoms with Gasteiger partial charge in [0.15, 0.2) is 0 Å². The zero-order valence-electron chi connectivity index (χ0n) is 11.0. The van der Waals surface area contributed by atoms with E-state index >= 15 is 0 Å². The number of nitrogens with one attached hydrogen (secondary N) is 2. The van der Waals surface area contributed by atoms with Gasteiger partial charge in [-0.05, 0) is 43.7 Å². The molecule has 1 aromatic rings. The first kappa shape index (κ1) is 13.7. The summed E-state index contributed by atoms with van der Waals surface area (Å²) in [5.74, 6) is 0.410. The summed E-state index contributed by atoms with van der Waals surface area (Å²) in [6.07, 6.45) is 2.74. The zero-order valence-corrected chi connectivity index (χ0v) is 11.0. The second kappa shape index (κ2) is 6.99. The highest BCUT2D eigenvalue weighted by molar-refractivity contribution is 5.73. The summed E-state index contributed by atoms with van der Waals surface area (Å²) in [4.78, 5) is 10.6. The first-order valence-electron chi connectivity index (χ1n) is 6.72. The van der Waals surface area contributed by atoms with Crippen LogP contribution in [0.15, 0.2) is 24.3 Å². The Balaban J connectivity index is 1.72. The molecule has 1 atom stereocenters. The van der Waals surface area contributed by atoms with Crippen LogP contribution in [0.2, 0.25) is 0 Å². The van der Waals surface area contributed by atoms with Gasteiger partial charge in [-0.2, -0.15) is 0 Å². The van der Waals surface area contributed by atoms with Crippen LogP contribution in [0.5, 0.6) is 5.75 Å².